The maximum Gasteiger partial charge on any atom is 0 e. The molecule has 2 aliphatic rings. The summed E-state index contributed by atoms with van der Waals surface area (Å²) < 4.78 is 59.2. The fraction of sp³-hybridized carbons (Fsp3) is 0. The molecule has 5 rings (SSSR count). The Kier molecular flexibility index (Phi) is 5.75. The smallest absolute Gasteiger partial charge is 0 e. The Morgan fingerprint density at radius 3 is 0.938 bits per heavy atom. The van der Waals surface area contributed by atoms with Gasteiger partial charge in [-0.25, -0.2) is 9.97 Å². The Hall–Kier alpha value is -2.73. The zero-order valence-electron chi connectivity index (χ0n) is 15.9. The van der Waals surface area contributed by atoms with Gasteiger partial charge in [0.15, 0.2) is 0 Å². The molecule has 172 valence electrons. The van der Waals surface area contributed by atoms with E-state index in [1.165, 1.54) is 0 Å². The van der Waals surface area contributed by atoms with Crippen molar-refractivity contribution in [1.29, 1.82) is 0 Å². The van der Waals surface area contributed by atoms with Crippen molar-refractivity contribution in [2.75, 3.05) is 0 Å². The van der Waals surface area contributed by atoms with Gasteiger partial charge in [-0.1, -0.05) is 0 Å². The van der Waals surface area contributed by atoms with Crippen LogP contribution in [0, 0.1) is 0 Å². The number of aromatic nitrogens is 4. The molecule has 0 fully saturated rings. The fourth-order valence-electron chi connectivity index (χ4n) is 2.94. The Morgan fingerprint density at radius 1 is 0.500 bits per heavy atom. The average molecular weight is 562 g/mol. The molecule has 32 heavy (non-hydrogen) atoms. The third kappa shape index (κ3) is 7.75. The molecule has 12 heteroatoms. The second kappa shape index (κ2) is 7.70. The van der Waals surface area contributed by atoms with Crippen molar-refractivity contribution in [3.05, 3.63) is 71.3 Å². The van der Waals surface area contributed by atoms with Crippen molar-refractivity contribution in [1.82, 2.24) is 19.9 Å². The van der Waals surface area contributed by atoms with E-state index in [0.29, 0.717) is 0 Å². The summed E-state index contributed by atoms with van der Waals surface area (Å²) in [5, 5.41) is 0. The number of rotatable bonds is 0. The van der Waals surface area contributed by atoms with E-state index in [4.69, 9.17) is 0 Å². The first-order valence-corrected chi connectivity index (χ1v) is 10.9. The van der Waals surface area contributed by atoms with Gasteiger partial charge in [0.2, 0.25) is 0 Å². The summed E-state index contributed by atoms with van der Waals surface area (Å²) in [4.78, 5) is 16.0. The Bertz CT molecular complexity index is 1200. The van der Waals surface area contributed by atoms with Crippen molar-refractivity contribution < 1.29 is 45.6 Å². The second-order valence-corrected chi connectivity index (χ2v) is 8.78. The average Bonchev–Trinajstić information content (AvgIpc) is 3.37. The van der Waals surface area contributed by atoms with E-state index < -0.39 is 7.81 Å². The summed E-state index contributed by atoms with van der Waals surface area (Å²) in [7, 11) is -10.7. The largest absolute Gasteiger partial charge is 0 e. The van der Waals surface area contributed by atoms with Gasteiger partial charge in [-0.05, 0) is 72.8 Å². The van der Waals surface area contributed by atoms with Crippen LogP contribution in [0.5, 0.6) is 0 Å². The van der Waals surface area contributed by atoms with Gasteiger partial charge in [0, 0.05) is 42.5 Å². The fourth-order valence-corrected chi connectivity index (χ4v) is 2.94. The zero-order chi connectivity index (χ0) is 22.3. The molecular weight excluding hydrogens is 548 g/mol. The number of halogens is 6. The molecule has 0 unspecified atom stereocenters. The van der Waals surface area contributed by atoms with E-state index >= 15 is 0 Å². The normalized spacial score (nSPS) is 14.6. The molecule has 0 atom stereocenters. The van der Waals surface area contributed by atoms with Crippen LogP contribution in [0.25, 0.3) is 46.4 Å². The molecular formula is C20H14F6N4PPd-. The Labute approximate surface area is 191 Å². The summed E-state index contributed by atoms with van der Waals surface area (Å²) in [5.41, 5.74) is 7.86. The quantitative estimate of drug-likeness (QED) is 0.114. The van der Waals surface area contributed by atoms with Gasteiger partial charge in [-0.3, -0.25) is 0 Å². The van der Waals surface area contributed by atoms with Gasteiger partial charge in [-0.2, -0.15) is 0 Å². The SMILES string of the molecule is C1=Cc2cc3ccc(cc4nc(cc5ccc(cc1n2)[nH]5)C=C4)[nH]3.F[P-](F)(F)(F)(F)F.[Pd]. The number of hydrogen-bond acceptors (Lipinski definition) is 2. The Balaban J connectivity index is 0.000000318. The molecule has 4 nitrogen and oxygen atoms in total. The van der Waals surface area contributed by atoms with Crippen molar-refractivity contribution >= 4 is 54.2 Å². The van der Waals surface area contributed by atoms with Gasteiger partial charge in [-0.15, -0.1) is 0 Å². The van der Waals surface area contributed by atoms with Crippen molar-refractivity contribution in [3.63, 3.8) is 0 Å². The van der Waals surface area contributed by atoms with E-state index in [0.717, 1.165) is 44.8 Å². The topological polar surface area (TPSA) is 57.4 Å². The number of hydrogen-bond donors (Lipinski definition) is 2. The van der Waals surface area contributed by atoms with Crippen molar-refractivity contribution in [2.45, 2.75) is 0 Å². The number of nitrogens with one attached hydrogen (secondary N) is 2. The van der Waals surface area contributed by atoms with Crippen LogP contribution in [-0.4, -0.2) is 19.9 Å². The van der Waals surface area contributed by atoms with Crippen LogP contribution in [0.3, 0.4) is 0 Å². The Morgan fingerprint density at radius 2 is 0.719 bits per heavy atom. The minimum atomic E-state index is -10.7. The predicted molar refractivity (Wildman–Crippen MR) is 112 cm³/mol. The van der Waals surface area contributed by atoms with Crippen LogP contribution >= 0.6 is 7.81 Å². The van der Waals surface area contributed by atoms with Crippen molar-refractivity contribution in [2.24, 2.45) is 0 Å². The number of fused-ring (bicyclic) bond motifs is 8. The third-order valence-corrected chi connectivity index (χ3v) is 4.04. The molecule has 0 amide bonds. The molecule has 5 heterocycles. The summed E-state index contributed by atoms with van der Waals surface area (Å²) in [6, 6.07) is 16.4. The minimum absolute atomic E-state index is 0. The van der Waals surface area contributed by atoms with Crippen LogP contribution in [0.15, 0.2) is 48.5 Å². The maximum atomic E-state index is 9.87. The van der Waals surface area contributed by atoms with E-state index in [2.05, 4.69) is 44.2 Å². The first-order valence-electron chi connectivity index (χ1n) is 8.86. The van der Waals surface area contributed by atoms with Crippen LogP contribution < -0.4 is 0 Å². The van der Waals surface area contributed by atoms with Gasteiger partial charge in [0.05, 0.1) is 22.8 Å². The van der Waals surface area contributed by atoms with E-state index in [1.54, 1.807) is 0 Å². The maximum absolute atomic E-state index is 10.7. The summed E-state index contributed by atoms with van der Waals surface area (Å²) >= 11 is 0. The molecule has 8 bridgehead atoms. The summed E-state index contributed by atoms with van der Waals surface area (Å²) in [6.07, 6.45) is 8.09. The van der Waals surface area contributed by atoms with Crippen LogP contribution in [-0.2, 0) is 20.4 Å². The predicted octanol–water partition coefficient (Wildman–Crippen LogP) is 8.04. The third-order valence-electron chi connectivity index (χ3n) is 4.04. The van der Waals surface area contributed by atoms with Crippen LogP contribution in [0.1, 0.15) is 22.8 Å². The molecule has 2 N–H and O–H groups in total. The molecule has 0 saturated carbocycles. The van der Waals surface area contributed by atoms with E-state index in [9.17, 15) is 25.2 Å². The minimum Gasteiger partial charge on any atom is 0 e. The number of nitrogens with zero attached hydrogens (tertiary/aromatic N) is 2. The van der Waals surface area contributed by atoms with Gasteiger partial charge in [0.25, 0.3) is 0 Å². The molecule has 3 aromatic rings. The van der Waals surface area contributed by atoms with Gasteiger partial charge < -0.3 is 9.97 Å². The van der Waals surface area contributed by atoms with Gasteiger partial charge >= 0.3 is 33.0 Å². The van der Waals surface area contributed by atoms with E-state index in [-0.39, 0.29) is 20.4 Å². The molecule has 0 saturated heterocycles. The molecule has 2 aliphatic heterocycles. The monoisotopic (exact) mass is 561 g/mol. The second-order valence-electron chi connectivity index (χ2n) is 6.86. The standard InChI is InChI=1S/C20H14N4.F6P.Pd/c1-2-14-10-16-5-6-18(23-16)12-20-8-7-19(24-20)11-17-4-3-15(22-17)9-13(1)21-14;1-7(2,3,4,5)6;/h1-12,21,24H;;/q;-1;. The summed E-state index contributed by atoms with van der Waals surface area (Å²) in [5.74, 6) is 0. The van der Waals surface area contributed by atoms with Gasteiger partial charge in [0.1, 0.15) is 0 Å². The number of H-pyrrole nitrogens is 2. The first-order chi connectivity index (χ1) is 14.2. The van der Waals surface area contributed by atoms with Crippen LogP contribution in [0.2, 0.25) is 0 Å². The number of aromatic amines is 2. The van der Waals surface area contributed by atoms with Crippen molar-refractivity contribution in [3.8, 4) is 0 Å². The molecule has 3 aromatic heterocycles. The molecule has 0 radical (unpaired) electrons. The summed E-state index contributed by atoms with van der Waals surface area (Å²) in [6.45, 7) is 0. The van der Waals surface area contributed by atoms with Crippen LogP contribution in [0.4, 0.5) is 25.2 Å². The molecule has 0 spiro atoms. The zero-order valence-corrected chi connectivity index (χ0v) is 18.3. The molecule has 0 aliphatic carbocycles. The first kappa shape index (κ1) is 23.9. The van der Waals surface area contributed by atoms with E-state index in [1.807, 2.05) is 48.6 Å². The molecule has 0 aromatic carbocycles.